The minimum atomic E-state index is -0.157. The van der Waals surface area contributed by atoms with Crippen LogP contribution >= 0.6 is 0 Å². The molecule has 0 saturated heterocycles. The van der Waals surface area contributed by atoms with Crippen LogP contribution in [0.1, 0.15) is 18.9 Å². The van der Waals surface area contributed by atoms with Crippen molar-refractivity contribution in [3.05, 3.63) is 35.6 Å². The first kappa shape index (κ1) is 14.1. The molecule has 0 heterocycles. The van der Waals surface area contributed by atoms with E-state index in [1.807, 2.05) is 20.0 Å². The topological polar surface area (TPSA) is 21.3 Å². The van der Waals surface area contributed by atoms with Gasteiger partial charge in [-0.15, -0.1) is 0 Å². The average molecular weight is 239 g/mol. The van der Waals surface area contributed by atoms with Crippen molar-refractivity contribution >= 4 is 0 Å². The van der Waals surface area contributed by atoms with Gasteiger partial charge in [0.25, 0.3) is 0 Å². The Kier molecular flexibility index (Phi) is 6.82. The molecule has 0 spiro atoms. The molecule has 0 fully saturated rings. The van der Waals surface area contributed by atoms with Gasteiger partial charge in [0.15, 0.2) is 0 Å². The lowest BCUT2D eigenvalue weighted by molar-refractivity contribution is 0.132. The van der Waals surface area contributed by atoms with Crippen LogP contribution < -0.4 is 5.32 Å². The Hall–Kier alpha value is -0.930. The molecule has 3 heteroatoms. The molecule has 0 amide bonds. The van der Waals surface area contributed by atoms with E-state index in [0.717, 1.165) is 38.2 Å². The van der Waals surface area contributed by atoms with E-state index in [-0.39, 0.29) is 5.82 Å². The third kappa shape index (κ3) is 5.80. The number of rotatable bonds is 8. The molecule has 1 N–H and O–H groups in total. The maximum absolute atomic E-state index is 13.1. The van der Waals surface area contributed by atoms with E-state index in [1.165, 1.54) is 6.07 Å². The standard InChI is InChI=1S/C14H22FNO/c1-3-17-8-7-13(11-16-2)9-12-5-4-6-14(15)10-12/h4-6,10,13,16H,3,7-9,11H2,1-2H3. The Morgan fingerprint density at radius 1 is 1.41 bits per heavy atom. The van der Waals surface area contributed by atoms with E-state index in [0.29, 0.717) is 5.92 Å². The molecule has 0 radical (unpaired) electrons. The molecule has 1 atom stereocenters. The summed E-state index contributed by atoms with van der Waals surface area (Å²) in [4.78, 5) is 0. The van der Waals surface area contributed by atoms with Crippen LogP contribution in [0.15, 0.2) is 24.3 Å². The molecule has 0 bridgehead atoms. The van der Waals surface area contributed by atoms with E-state index in [9.17, 15) is 4.39 Å². The largest absolute Gasteiger partial charge is 0.382 e. The molecule has 1 unspecified atom stereocenters. The molecule has 1 rings (SSSR count). The number of halogens is 1. The number of benzene rings is 1. The van der Waals surface area contributed by atoms with Crippen LogP contribution in [0.2, 0.25) is 0 Å². The summed E-state index contributed by atoms with van der Waals surface area (Å²) in [5, 5.41) is 3.18. The highest BCUT2D eigenvalue weighted by Crippen LogP contribution is 2.13. The SMILES string of the molecule is CCOCCC(CNC)Cc1cccc(F)c1. The van der Waals surface area contributed by atoms with Gasteiger partial charge in [-0.05, 0) is 57.0 Å². The van der Waals surface area contributed by atoms with Crippen LogP contribution in [0.4, 0.5) is 4.39 Å². The quantitative estimate of drug-likeness (QED) is 0.704. The minimum absolute atomic E-state index is 0.157. The summed E-state index contributed by atoms with van der Waals surface area (Å²) in [6.07, 6.45) is 1.90. The zero-order chi connectivity index (χ0) is 12.5. The zero-order valence-electron chi connectivity index (χ0n) is 10.7. The summed E-state index contributed by atoms with van der Waals surface area (Å²) in [6, 6.07) is 6.84. The van der Waals surface area contributed by atoms with Gasteiger partial charge in [0.2, 0.25) is 0 Å². The third-order valence-electron chi connectivity index (χ3n) is 2.78. The van der Waals surface area contributed by atoms with Gasteiger partial charge in [-0.1, -0.05) is 12.1 Å². The molecule has 17 heavy (non-hydrogen) atoms. The normalized spacial score (nSPS) is 12.6. The number of hydrogen-bond acceptors (Lipinski definition) is 2. The molecular formula is C14H22FNO. The first-order valence-electron chi connectivity index (χ1n) is 6.23. The molecule has 1 aromatic carbocycles. The van der Waals surface area contributed by atoms with Crippen LogP contribution in [0.3, 0.4) is 0 Å². The molecule has 2 nitrogen and oxygen atoms in total. The highest BCUT2D eigenvalue weighted by Gasteiger charge is 2.09. The summed E-state index contributed by atoms with van der Waals surface area (Å²) in [6.45, 7) is 4.47. The predicted octanol–water partition coefficient (Wildman–Crippen LogP) is 2.63. The van der Waals surface area contributed by atoms with E-state index in [1.54, 1.807) is 12.1 Å². The summed E-state index contributed by atoms with van der Waals surface area (Å²) in [7, 11) is 1.94. The molecule has 0 aliphatic carbocycles. The lowest BCUT2D eigenvalue weighted by atomic mass is 9.96. The van der Waals surface area contributed by atoms with Crippen molar-refractivity contribution in [1.82, 2.24) is 5.32 Å². The molecule has 0 saturated carbocycles. The smallest absolute Gasteiger partial charge is 0.123 e. The van der Waals surface area contributed by atoms with Crippen molar-refractivity contribution in [3.63, 3.8) is 0 Å². The minimum Gasteiger partial charge on any atom is -0.382 e. The summed E-state index contributed by atoms with van der Waals surface area (Å²) >= 11 is 0. The van der Waals surface area contributed by atoms with Crippen LogP contribution in [0.25, 0.3) is 0 Å². The van der Waals surface area contributed by atoms with E-state index in [2.05, 4.69) is 5.32 Å². The fourth-order valence-corrected chi connectivity index (χ4v) is 1.96. The van der Waals surface area contributed by atoms with Crippen molar-refractivity contribution in [2.45, 2.75) is 19.8 Å². The van der Waals surface area contributed by atoms with E-state index in [4.69, 9.17) is 4.74 Å². The Balaban J connectivity index is 2.47. The third-order valence-corrected chi connectivity index (χ3v) is 2.78. The summed E-state index contributed by atoms with van der Waals surface area (Å²) in [5.41, 5.74) is 1.06. The van der Waals surface area contributed by atoms with Gasteiger partial charge in [0, 0.05) is 13.2 Å². The second-order valence-electron chi connectivity index (χ2n) is 4.24. The van der Waals surface area contributed by atoms with Crippen molar-refractivity contribution in [2.75, 3.05) is 26.8 Å². The van der Waals surface area contributed by atoms with Crippen molar-refractivity contribution in [3.8, 4) is 0 Å². The van der Waals surface area contributed by atoms with Gasteiger partial charge in [-0.2, -0.15) is 0 Å². The summed E-state index contributed by atoms with van der Waals surface area (Å²) < 4.78 is 18.4. The average Bonchev–Trinajstić information content (AvgIpc) is 2.29. The van der Waals surface area contributed by atoms with Gasteiger partial charge in [-0.25, -0.2) is 4.39 Å². The van der Waals surface area contributed by atoms with Gasteiger partial charge in [-0.3, -0.25) is 0 Å². The Labute approximate surface area is 103 Å². The van der Waals surface area contributed by atoms with Gasteiger partial charge >= 0.3 is 0 Å². The summed E-state index contributed by atoms with van der Waals surface area (Å²) in [5.74, 6) is 0.337. The van der Waals surface area contributed by atoms with Gasteiger partial charge < -0.3 is 10.1 Å². The fraction of sp³-hybridized carbons (Fsp3) is 0.571. The maximum Gasteiger partial charge on any atom is 0.123 e. The zero-order valence-corrected chi connectivity index (χ0v) is 10.7. The van der Waals surface area contributed by atoms with Crippen LogP contribution in [-0.4, -0.2) is 26.8 Å². The van der Waals surface area contributed by atoms with Crippen molar-refractivity contribution in [2.24, 2.45) is 5.92 Å². The van der Waals surface area contributed by atoms with Crippen molar-refractivity contribution < 1.29 is 9.13 Å². The molecular weight excluding hydrogens is 217 g/mol. The second-order valence-corrected chi connectivity index (χ2v) is 4.24. The Morgan fingerprint density at radius 3 is 2.88 bits per heavy atom. The molecule has 0 aliphatic heterocycles. The maximum atomic E-state index is 13.1. The highest BCUT2D eigenvalue weighted by molar-refractivity contribution is 5.16. The first-order chi connectivity index (χ1) is 8.26. The van der Waals surface area contributed by atoms with Gasteiger partial charge in [0.05, 0.1) is 0 Å². The van der Waals surface area contributed by atoms with Crippen LogP contribution in [-0.2, 0) is 11.2 Å². The molecule has 1 aromatic rings. The monoisotopic (exact) mass is 239 g/mol. The molecule has 0 aliphatic rings. The lowest BCUT2D eigenvalue weighted by Gasteiger charge is -2.16. The van der Waals surface area contributed by atoms with Crippen LogP contribution in [0, 0.1) is 11.7 Å². The highest BCUT2D eigenvalue weighted by atomic mass is 19.1. The van der Waals surface area contributed by atoms with Crippen molar-refractivity contribution in [1.29, 1.82) is 0 Å². The fourth-order valence-electron chi connectivity index (χ4n) is 1.96. The predicted molar refractivity (Wildman–Crippen MR) is 68.6 cm³/mol. The number of ether oxygens (including phenoxy) is 1. The van der Waals surface area contributed by atoms with Gasteiger partial charge in [0.1, 0.15) is 5.82 Å². The van der Waals surface area contributed by atoms with Crippen LogP contribution in [0.5, 0.6) is 0 Å². The Bertz CT molecular complexity index is 317. The molecule has 0 aromatic heterocycles. The number of hydrogen-bond donors (Lipinski definition) is 1. The number of nitrogens with one attached hydrogen (secondary N) is 1. The van der Waals surface area contributed by atoms with E-state index >= 15 is 0 Å². The second kappa shape index (κ2) is 8.20. The lowest BCUT2D eigenvalue weighted by Crippen LogP contribution is -2.22. The first-order valence-corrected chi connectivity index (χ1v) is 6.23. The Morgan fingerprint density at radius 2 is 2.24 bits per heavy atom. The molecule has 96 valence electrons. The van der Waals surface area contributed by atoms with E-state index < -0.39 is 0 Å².